The predicted molar refractivity (Wildman–Crippen MR) is 51.2 cm³/mol. The summed E-state index contributed by atoms with van der Waals surface area (Å²) in [7, 11) is 0. The monoisotopic (exact) mass is 257 g/mol. The average molecular weight is 258 g/mol. The summed E-state index contributed by atoms with van der Waals surface area (Å²) in [4.78, 5) is 3.37. The Morgan fingerprint density at radius 1 is 1.47 bits per heavy atom. The summed E-state index contributed by atoms with van der Waals surface area (Å²) in [6.45, 7) is 0. The fourth-order valence-electron chi connectivity index (χ4n) is 1.06. The van der Waals surface area contributed by atoms with E-state index >= 15 is 0 Å². The highest BCUT2D eigenvalue weighted by atomic mass is 35.5. The molecule has 0 amide bonds. The lowest BCUT2D eigenvalue weighted by Gasteiger charge is -2.11. The maximum atomic E-state index is 12.2. The highest BCUT2D eigenvalue weighted by Crippen LogP contribution is 2.40. The molecule has 1 aromatic heterocycles. The third-order valence-electron chi connectivity index (χ3n) is 2.16. The van der Waals surface area contributed by atoms with Gasteiger partial charge in [0.05, 0.1) is 5.54 Å². The van der Waals surface area contributed by atoms with Crippen molar-refractivity contribution in [1.82, 2.24) is 9.36 Å². The second kappa shape index (κ2) is 3.48. The van der Waals surface area contributed by atoms with Crippen molar-refractivity contribution in [2.24, 2.45) is 0 Å². The summed E-state index contributed by atoms with van der Waals surface area (Å²) in [5.74, 6) is -0.728. The largest absolute Gasteiger partial charge is 0.452 e. The van der Waals surface area contributed by atoms with E-state index in [1.165, 1.54) is 0 Å². The molecule has 1 aliphatic rings. The zero-order valence-electron chi connectivity index (χ0n) is 7.44. The van der Waals surface area contributed by atoms with E-state index in [1.807, 2.05) is 0 Å². The Kier molecular flexibility index (Phi) is 2.54. The van der Waals surface area contributed by atoms with Crippen molar-refractivity contribution in [3.8, 4) is 0 Å². The van der Waals surface area contributed by atoms with Gasteiger partial charge in [0.1, 0.15) is 0 Å². The van der Waals surface area contributed by atoms with Gasteiger partial charge in [-0.15, -0.1) is 11.6 Å². The molecule has 1 aromatic rings. The molecule has 0 atom stereocenters. The molecule has 1 saturated carbocycles. The van der Waals surface area contributed by atoms with Crippen LogP contribution in [0.25, 0.3) is 0 Å². The van der Waals surface area contributed by atoms with Crippen LogP contribution in [0.15, 0.2) is 0 Å². The Morgan fingerprint density at radius 3 is 2.53 bits per heavy atom. The molecule has 2 rings (SSSR count). The number of nitrogens with one attached hydrogen (secondary N) is 1. The first kappa shape index (κ1) is 10.9. The number of anilines is 1. The fraction of sp³-hybridized carbons (Fsp3) is 0.714. The summed E-state index contributed by atoms with van der Waals surface area (Å²) in [5, 5.41) is 3.07. The number of hydrogen-bond donors (Lipinski definition) is 1. The van der Waals surface area contributed by atoms with Gasteiger partial charge in [0.25, 0.3) is 0 Å². The van der Waals surface area contributed by atoms with Crippen LogP contribution >= 0.6 is 23.1 Å². The van der Waals surface area contributed by atoms with Gasteiger partial charge in [-0.1, -0.05) is 0 Å². The molecule has 3 nitrogen and oxygen atoms in total. The Hall–Kier alpha value is -0.560. The van der Waals surface area contributed by atoms with E-state index in [0.29, 0.717) is 17.4 Å². The second-order valence-electron chi connectivity index (χ2n) is 3.46. The topological polar surface area (TPSA) is 37.8 Å². The van der Waals surface area contributed by atoms with Crippen LogP contribution in [-0.2, 0) is 6.18 Å². The Morgan fingerprint density at radius 2 is 2.13 bits per heavy atom. The molecular formula is C7H7ClF3N3S. The fourth-order valence-corrected chi connectivity index (χ4v) is 2.10. The first-order chi connectivity index (χ1) is 6.95. The van der Waals surface area contributed by atoms with Crippen LogP contribution in [0.2, 0.25) is 0 Å². The smallest absolute Gasteiger partial charge is 0.354 e. The predicted octanol–water partition coefficient (Wildman–Crippen LogP) is 2.74. The third kappa shape index (κ3) is 2.34. The van der Waals surface area contributed by atoms with Crippen LogP contribution in [0.5, 0.6) is 0 Å². The normalized spacial score (nSPS) is 18.9. The second-order valence-corrected chi connectivity index (χ2v) is 4.48. The van der Waals surface area contributed by atoms with E-state index < -0.39 is 12.0 Å². The summed E-state index contributed by atoms with van der Waals surface area (Å²) in [5.41, 5.74) is -0.260. The van der Waals surface area contributed by atoms with E-state index in [0.717, 1.165) is 12.8 Å². The highest BCUT2D eigenvalue weighted by Gasteiger charge is 2.43. The summed E-state index contributed by atoms with van der Waals surface area (Å²) < 4.78 is 39.7. The summed E-state index contributed by atoms with van der Waals surface area (Å²) in [6.07, 6.45) is -2.76. The lowest BCUT2D eigenvalue weighted by Crippen LogP contribution is -2.22. The molecule has 0 aliphatic heterocycles. The summed E-state index contributed by atoms with van der Waals surface area (Å²) in [6, 6.07) is 0. The van der Waals surface area contributed by atoms with E-state index in [-0.39, 0.29) is 10.7 Å². The highest BCUT2D eigenvalue weighted by molar-refractivity contribution is 7.09. The van der Waals surface area contributed by atoms with Gasteiger partial charge in [-0.3, -0.25) is 0 Å². The maximum Gasteiger partial charge on any atom is 0.452 e. The van der Waals surface area contributed by atoms with Crippen LogP contribution in [0.1, 0.15) is 18.7 Å². The van der Waals surface area contributed by atoms with Crippen molar-refractivity contribution in [2.45, 2.75) is 24.6 Å². The first-order valence-corrected chi connectivity index (χ1v) is 5.51. The Labute approximate surface area is 92.8 Å². The number of alkyl halides is 4. The minimum Gasteiger partial charge on any atom is -0.354 e. The first-order valence-electron chi connectivity index (χ1n) is 4.20. The van der Waals surface area contributed by atoms with Crippen LogP contribution in [-0.4, -0.2) is 20.8 Å². The molecule has 8 heteroatoms. The zero-order chi connectivity index (χ0) is 11.1. The van der Waals surface area contributed by atoms with E-state index in [4.69, 9.17) is 11.6 Å². The molecule has 1 aliphatic carbocycles. The number of rotatable bonds is 3. The SMILES string of the molecule is FC(F)(F)c1nsc(NC2(CCl)CC2)n1. The minimum atomic E-state index is -4.48. The van der Waals surface area contributed by atoms with Gasteiger partial charge < -0.3 is 5.32 Å². The van der Waals surface area contributed by atoms with Gasteiger partial charge in [0, 0.05) is 17.4 Å². The zero-order valence-corrected chi connectivity index (χ0v) is 9.01. The van der Waals surface area contributed by atoms with E-state index in [1.54, 1.807) is 0 Å². The molecule has 1 fully saturated rings. The molecule has 0 saturated heterocycles. The molecule has 0 aromatic carbocycles. The van der Waals surface area contributed by atoms with Gasteiger partial charge in [-0.25, -0.2) is 0 Å². The van der Waals surface area contributed by atoms with Gasteiger partial charge in [-0.05, 0) is 12.8 Å². The molecule has 0 bridgehead atoms. The van der Waals surface area contributed by atoms with E-state index in [2.05, 4.69) is 14.7 Å². The Bertz CT molecular complexity index is 361. The lowest BCUT2D eigenvalue weighted by atomic mass is 10.3. The van der Waals surface area contributed by atoms with Crippen molar-refractivity contribution < 1.29 is 13.2 Å². The molecule has 0 radical (unpaired) electrons. The Balaban J connectivity index is 2.08. The summed E-state index contributed by atoms with van der Waals surface area (Å²) >= 11 is 6.38. The van der Waals surface area contributed by atoms with Crippen molar-refractivity contribution in [2.75, 3.05) is 11.2 Å². The maximum absolute atomic E-state index is 12.2. The molecule has 1 N–H and O–H groups in total. The minimum absolute atomic E-state index is 0.181. The molecule has 15 heavy (non-hydrogen) atoms. The van der Waals surface area contributed by atoms with Gasteiger partial charge in [0.15, 0.2) is 0 Å². The van der Waals surface area contributed by atoms with Crippen molar-refractivity contribution >= 4 is 28.3 Å². The number of aromatic nitrogens is 2. The van der Waals surface area contributed by atoms with Crippen LogP contribution in [0.4, 0.5) is 18.3 Å². The number of halogens is 4. The third-order valence-corrected chi connectivity index (χ3v) is 3.30. The molecule has 0 unspecified atom stereocenters. The van der Waals surface area contributed by atoms with Crippen molar-refractivity contribution in [3.05, 3.63) is 5.82 Å². The molecule has 1 heterocycles. The van der Waals surface area contributed by atoms with Crippen molar-refractivity contribution in [1.29, 1.82) is 0 Å². The van der Waals surface area contributed by atoms with E-state index in [9.17, 15) is 13.2 Å². The number of nitrogens with zero attached hydrogens (tertiary/aromatic N) is 2. The molecular weight excluding hydrogens is 251 g/mol. The van der Waals surface area contributed by atoms with Gasteiger partial charge in [-0.2, -0.15) is 22.5 Å². The quantitative estimate of drug-likeness (QED) is 0.846. The van der Waals surface area contributed by atoms with Gasteiger partial charge >= 0.3 is 6.18 Å². The van der Waals surface area contributed by atoms with Crippen LogP contribution in [0, 0.1) is 0 Å². The van der Waals surface area contributed by atoms with Crippen LogP contribution < -0.4 is 5.32 Å². The number of hydrogen-bond acceptors (Lipinski definition) is 4. The standard InChI is InChI=1S/C7H7ClF3N3S/c8-3-6(1-2-6)13-5-12-4(14-15-5)7(9,10)11/h1-3H2,(H,12,13,14). The van der Waals surface area contributed by atoms with Crippen molar-refractivity contribution in [3.63, 3.8) is 0 Å². The molecule has 84 valence electrons. The molecule has 0 spiro atoms. The lowest BCUT2D eigenvalue weighted by molar-refractivity contribution is -0.144. The average Bonchev–Trinajstić information content (AvgIpc) is 2.73. The van der Waals surface area contributed by atoms with Crippen LogP contribution in [0.3, 0.4) is 0 Å². The van der Waals surface area contributed by atoms with Gasteiger partial charge in [0.2, 0.25) is 11.0 Å².